The second kappa shape index (κ2) is 10.2. The van der Waals surface area contributed by atoms with Crippen LogP contribution in [0.3, 0.4) is 0 Å². The Bertz CT molecular complexity index is 1950. The second-order valence-corrected chi connectivity index (χ2v) is 10.7. The van der Waals surface area contributed by atoms with Gasteiger partial charge >= 0.3 is 6.18 Å². The fourth-order valence-corrected chi connectivity index (χ4v) is 5.84. The average Bonchev–Trinajstić information content (AvgIpc) is 3.39. The van der Waals surface area contributed by atoms with Crippen LogP contribution in [0.25, 0.3) is 33.1 Å². The first-order valence-electron chi connectivity index (χ1n) is 13.6. The van der Waals surface area contributed by atoms with Crippen LogP contribution in [0.1, 0.15) is 37.3 Å². The highest BCUT2D eigenvalue weighted by Crippen LogP contribution is 2.39. The fraction of sp³-hybridized carbons (Fsp3) is 0.212. The number of nitrogens with zero attached hydrogens (tertiary/aromatic N) is 3. The van der Waals surface area contributed by atoms with Crippen molar-refractivity contribution in [3.63, 3.8) is 0 Å². The Labute approximate surface area is 239 Å². The zero-order valence-electron chi connectivity index (χ0n) is 22.9. The average molecular weight is 569 g/mol. The molecule has 1 amide bonds. The normalized spacial score (nSPS) is 16.0. The van der Waals surface area contributed by atoms with Crippen molar-refractivity contribution in [3.8, 4) is 5.69 Å². The number of amides is 1. The second-order valence-electron chi connectivity index (χ2n) is 10.7. The molecule has 0 spiro atoms. The Hall–Kier alpha value is -4.79. The van der Waals surface area contributed by atoms with Crippen molar-refractivity contribution in [1.29, 1.82) is 5.41 Å². The Morgan fingerprint density at radius 1 is 1.07 bits per heavy atom. The molecule has 42 heavy (non-hydrogen) atoms. The highest BCUT2D eigenvalue weighted by molar-refractivity contribution is 6.06. The Kier molecular flexibility index (Phi) is 6.68. The number of fused-ring (bicyclic) bond motifs is 4. The number of benzene rings is 2. The molecule has 4 aromatic rings. The topological polar surface area (TPSA) is 79.1 Å². The number of carbonyl (C=O) groups excluding carboxylic acids is 1. The number of allylic oxidation sites excluding steroid dienone is 4. The third-order valence-corrected chi connectivity index (χ3v) is 7.96. The molecule has 0 saturated heterocycles. The number of aromatic nitrogens is 2. The lowest BCUT2D eigenvalue weighted by Gasteiger charge is -2.21. The van der Waals surface area contributed by atoms with Gasteiger partial charge < -0.3 is 10.3 Å². The van der Waals surface area contributed by atoms with E-state index in [9.17, 15) is 22.8 Å². The first kappa shape index (κ1) is 27.4. The van der Waals surface area contributed by atoms with E-state index in [1.807, 2.05) is 12.1 Å². The fourth-order valence-electron chi connectivity index (χ4n) is 5.84. The van der Waals surface area contributed by atoms with Crippen LogP contribution in [0.2, 0.25) is 0 Å². The summed E-state index contributed by atoms with van der Waals surface area (Å²) in [5.41, 5.74) is 3.25. The van der Waals surface area contributed by atoms with E-state index in [0.29, 0.717) is 58.1 Å². The molecule has 6 nitrogen and oxygen atoms in total. The van der Waals surface area contributed by atoms with E-state index in [1.165, 1.54) is 16.7 Å². The van der Waals surface area contributed by atoms with Gasteiger partial charge in [0.1, 0.15) is 0 Å². The summed E-state index contributed by atoms with van der Waals surface area (Å²) in [5, 5.41) is 9.28. The van der Waals surface area contributed by atoms with E-state index in [1.54, 1.807) is 54.4 Å². The number of hydrogen-bond acceptors (Lipinski definition) is 4. The maximum absolute atomic E-state index is 14.3. The van der Waals surface area contributed by atoms with Crippen molar-refractivity contribution in [2.75, 3.05) is 11.4 Å². The predicted molar refractivity (Wildman–Crippen MR) is 159 cm³/mol. The number of rotatable bonds is 3. The van der Waals surface area contributed by atoms with E-state index in [2.05, 4.69) is 11.6 Å². The van der Waals surface area contributed by atoms with E-state index in [4.69, 9.17) is 5.41 Å². The molecule has 1 aliphatic heterocycles. The van der Waals surface area contributed by atoms with Gasteiger partial charge in [-0.25, -0.2) is 0 Å². The van der Waals surface area contributed by atoms with Crippen LogP contribution in [0.5, 0.6) is 0 Å². The minimum Gasteiger partial charge on any atom is -0.309 e. The van der Waals surface area contributed by atoms with Crippen LogP contribution >= 0.6 is 0 Å². The molecule has 0 saturated carbocycles. The highest BCUT2D eigenvalue weighted by atomic mass is 19.4. The molecule has 0 bridgehead atoms. The summed E-state index contributed by atoms with van der Waals surface area (Å²) in [5.74, 6) is -0.236. The quantitative estimate of drug-likeness (QED) is 0.212. The number of anilines is 1. The third kappa shape index (κ3) is 4.74. The molecule has 0 fully saturated rings. The minimum absolute atomic E-state index is 0.0179. The Balaban J connectivity index is 1.63. The van der Waals surface area contributed by atoms with Crippen LogP contribution < -0.4 is 10.5 Å². The highest BCUT2D eigenvalue weighted by Gasteiger charge is 2.37. The van der Waals surface area contributed by atoms with Crippen molar-refractivity contribution in [2.24, 2.45) is 0 Å². The summed E-state index contributed by atoms with van der Waals surface area (Å²) in [6, 6.07) is 13.5. The van der Waals surface area contributed by atoms with Crippen LogP contribution in [0, 0.1) is 5.41 Å². The van der Waals surface area contributed by atoms with Gasteiger partial charge in [-0.05, 0) is 79.3 Å². The predicted octanol–water partition coefficient (Wildman–Crippen LogP) is 7.08. The van der Waals surface area contributed by atoms with Crippen molar-refractivity contribution >= 4 is 44.7 Å². The molecule has 212 valence electrons. The summed E-state index contributed by atoms with van der Waals surface area (Å²) in [6.07, 6.45) is 0.820. The van der Waals surface area contributed by atoms with E-state index in [-0.39, 0.29) is 29.2 Å². The molecule has 6 rings (SSSR count). The van der Waals surface area contributed by atoms with Crippen molar-refractivity contribution in [2.45, 2.75) is 38.8 Å². The summed E-state index contributed by atoms with van der Waals surface area (Å²) < 4.78 is 44.6. The summed E-state index contributed by atoms with van der Waals surface area (Å²) in [7, 11) is 0. The lowest BCUT2D eigenvalue weighted by molar-refractivity contribution is -0.114. The van der Waals surface area contributed by atoms with Gasteiger partial charge in [0.2, 0.25) is 5.91 Å². The monoisotopic (exact) mass is 568 g/mol. The summed E-state index contributed by atoms with van der Waals surface area (Å²) >= 11 is 0. The zero-order chi connectivity index (χ0) is 29.8. The SMILES string of the molecule is C=CC(=O)N1CCc2ccc(-n3c(=O)ccc4cnc5ccc(C6=C(C(F)(F)F)CC(=N)CCC(C)=C6)cc5c43)cc21. The van der Waals surface area contributed by atoms with E-state index in [0.717, 1.165) is 11.1 Å². The van der Waals surface area contributed by atoms with Gasteiger partial charge in [0.15, 0.2) is 0 Å². The first-order valence-corrected chi connectivity index (χ1v) is 13.6. The molecular formula is C33H27F3N4O2. The lowest BCUT2D eigenvalue weighted by Crippen LogP contribution is -2.27. The molecule has 2 aromatic carbocycles. The third-order valence-electron chi connectivity index (χ3n) is 7.96. The first-order chi connectivity index (χ1) is 20.0. The van der Waals surface area contributed by atoms with Gasteiger partial charge in [0.25, 0.3) is 5.56 Å². The van der Waals surface area contributed by atoms with Gasteiger partial charge in [0.05, 0.1) is 16.7 Å². The van der Waals surface area contributed by atoms with Crippen LogP contribution in [0.4, 0.5) is 18.9 Å². The zero-order valence-corrected chi connectivity index (χ0v) is 22.9. The van der Waals surface area contributed by atoms with E-state index >= 15 is 0 Å². The van der Waals surface area contributed by atoms with E-state index < -0.39 is 18.2 Å². The number of alkyl halides is 3. The molecule has 1 N–H and O–H groups in total. The maximum Gasteiger partial charge on any atom is 0.413 e. The van der Waals surface area contributed by atoms with Gasteiger partial charge in [0, 0.05) is 53.0 Å². The molecule has 0 unspecified atom stereocenters. The standard InChI is InChI=1S/C33H27F3N4O2/c1-3-30(41)39-13-12-20-5-9-24(17-29(20)39)40-31(42)11-7-22-18-38-28-10-6-21(15-26(28)32(22)40)25-14-19(2)4-8-23(37)16-27(25)33(34,35)36/h3,5-7,9-11,14-15,17-18,37H,1,4,8,12-13,16H2,2H3. The van der Waals surface area contributed by atoms with Gasteiger partial charge in [-0.1, -0.05) is 30.4 Å². The smallest absolute Gasteiger partial charge is 0.309 e. The Morgan fingerprint density at radius 2 is 1.88 bits per heavy atom. The number of nitrogens with one attached hydrogen (secondary N) is 1. The number of halogens is 3. The van der Waals surface area contributed by atoms with Crippen molar-refractivity contribution in [1.82, 2.24) is 9.55 Å². The maximum atomic E-state index is 14.3. The number of hydrogen-bond donors (Lipinski definition) is 1. The van der Waals surface area contributed by atoms with Crippen LogP contribution in [0.15, 0.2) is 89.4 Å². The molecule has 1 aliphatic carbocycles. The molecule has 0 atom stereocenters. The number of pyridine rings is 2. The summed E-state index contributed by atoms with van der Waals surface area (Å²) in [6.45, 7) is 5.87. The van der Waals surface area contributed by atoms with Gasteiger partial charge in [-0.15, -0.1) is 0 Å². The Morgan fingerprint density at radius 3 is 2.64 bits per heavy atom. The van der Waals surface area contributed by atoms with Crippen molar-refractivity contribution < 1.29 is 18.0 Å². The minimum atomic E-state index is -4.62. The molecule has 9 heteroatoms. The molecule has 3 heterocycles. The largest absolute Gasteiger partial charge is 0.413 e. The molecule has 0 radical (unpaired) electrons. The van der Waals surface area contributed by atoms with Crippen LogP contribution in [-0.2, 0) is 11.2 Å². The molecular weight excluding hydrogens is 541 g/mol. The van der Waals surface area contributed by atoms with Gasteiger partial charge in [-0.3, -0.25) is 19.1 Å². The molecule has 2 aliphatic rings. The lowest BCUT2D eigenvalue weighted by atomic mass is 9.89. The van der Waals surface area contributed by atoms with Crippen LogP contribution in [-0.4, -0.2) is 33.9 Å². The van der Waals surface area contributed by atoms with Crippen molar-refractivity contribution in [3.05, 3.63) is 106 Å². The number of carbonyl (C=O) groups is 1. The molecule has 2 aromatic heterocycles. The summed E-state index contributed by atoms with van der Waals surface area (Å²) in [4.78, 5) is 32.1. The van der Waals surface area contributed by atoms with Gasteiger partial charge in [-0.2, -0.15) is 13.2 Å².